The van der Waals surface area contributed by atoms with Crippen LogP contribution in [0, 0.1) is 11.8 Å². The summed E-state index contributed by atoms with van der Waals surface area (Å²) in [5.41, 5.74) is 1.93. The lowest BCUT2D eigenvalue weighted by molar-refractivity contribution is -0.198. The van der Waals surface area contributed by atoms with Gasteiger partial charge < -0.3 is 0 Å². The maximum atomic E-state index is 2.54. The molecule has 86 valence electrons. The van der Waals surface area contributed by atoms with E-state index in [0.717, 1.165) is 23.9 Å². The standard InChI is InChI=1S/C15H21N/c1-10-14-13(11(2)16(14)4)15(10,3)12-8-6-5-7-9-12/h5-11,13-14H,1-4H3/t10-,11-,13?,14-,15?/m0/s1. The molecule has 5 atom stereocenters. The number of benzene rings is 1. The average Bonchev–Trinajstić information content (AvgIpc) is 2.33. The first-order valence-corrected chi connectivity index (χ1v) is 6.36. The van der Waals surface area contributed by atoms with Crippen molar-refractivity contribution in [2.75, 3.05) is 7.05 Å². The molecular formula is C15H21N. The third kappa shape index (κ3) is 0.958. The van der Waals surface area contributed by atoms with E-state index in [0.29, 0.717) is 5.41 Å². The van der Waals surface area contributed by atoms with Gasteiger partial charge in [-0.3, -0.25) is 4.90 Å². The van der Waals surface area contributed by atoms with Gasteiger partial charge in [-0.25, -0.2) is 0 Å². The van der Waals surface area contributed by atoms with E-state index in [1.807, 2.05) is 0 Å². The molecule has 1 aliphatic heterocycles. The molecule has 1 saturated heterocycles. The van der Waals surface area contributed by atoms with E-state index < -0.39 is 0 Å². The molecule has 1 heterocycles. The van der Waals surface area contributed by atoms with Crippen molar-refractivity contribution in [1.82, 2.24) is 4.90 Å². The van der Waals surface area contributed by atoms with Gasteiger partial charge in [-0.1, -0.05) is 44.2 Å². The summed E-state index contributed by atoms with van der Waals surface area (Å²) in [7, 11) is 2.27. The van der Waals surface area contributed by atoms with Crippen LogP contribution in [-0.2, 0) is 5.41 Å². The summed E-state index contributed by atoms with van der Waals surface area (Å²) in [4.78, 5) is 2.54. The van der Waals surface area contributed by atoms with Crippen LogP contribution in [0.1, 0.15) is 26.3 Å². The molecule has 0 bridgehead atoms. The fourth-order valence-corrected chi connectivity index (χ4v) is 4.27. The molecule has 0 spiro atoms. The van der Waals surface area contributed by atoms with E-state index in [4.69, 9.17) is 0 Å². The Labute approximate surface area is 98.5 Å². The molecule has 0 N–H and O–H groups in total. The van der Waals surface area contributed by atoms with E-state index in [9.17, 15) is 0 Å². The third-order valence-corrected chi connectivity index (χ3v) is 5.55. The number of likely N-dealkylation sites (tertiary alicyclic amines) is 1. The second kappa shape index (κ2) is 3.10. The first-order valence-electron chi connectivity index (χ1n) is 6.36. The Hall–Kier alpha value is -0.820. The highest BCUT2D eigenvalue weighted by molar-refractivity contribution is 5.36. The highest BCUT2D eigenvalue weighted by Crippen LogP contribution is 2.62. The summed E-state index contributed by atoms with van der Waals surface area (Å²) >= 11 is 0. The van der Waals surface area contributed by atoms with Crippen LogP contribution in [0.3, 0.4) is 0 Å². The van der Waals surface area contributed by atoms with E-state index in [-0.39, 0.29) is 0 Å². The van der Waals surface area contributed by atoms with Crippen molar-refractivity contribution in [3.63, 3.8) is 0 Å². The Balaban J connectivity index is 1.96. The second-order valence-corrected chi connectivity index (χ2v) is 5.86. The van der Waals surface area contributed by atoms with Gasteiger partial charge in [-0.15, -0.1) is 0 Å². The minimum atomic E-state index is 0.401. The van der Waals surface area contributed by atoms with Gasteiger partial charge in [-0.05, 0) is 31.4 Å². The molecule has 1 heteroatoms. The highest BCUT2D eigenvalue weighted by Gasteiger charge is 2.67. The summed E-state index contributed by atoms with van der Waals surface area (Å²) in [5.74, 6) is 1.64. The average molecular weight is 215 g/mol. The summed E-state index contributed by atoms with van der Waals surface area (Å²) in [5, 5.41) is 0. The van der Waals surface area contributed by atoms with E-state index in [2.05, 4.69) is 63.1 Å². The minimum Gasteiger partial charge on any atom is -0.300 e. The second-order valence-electron chi connectivity index (χ2n) is 5.86. The molecule has 16 heavy (non-hydrogen) atoms. The van der Waals surface area contributed by atoms with Crippen LogP contribution in [0.4, 0.5) is 0 Å². The highest BCUT2D eigenvalue weighted by atomic mass is 15.3. The predicted octanol–water partition coefficient (Wildman–Crippen LogP) is 2.91. The summed E-state index contributed by atoms with van der Waals surface area (Å²) in [6.45, 7) is 7.24. The fourth-order valence-electron chi connectivity index (χ4n) is 4.27. The number of hydrogen-bond donors (Lipinski definition) is 0. The molecule has 2 unspecified atom stereocenters. The molecular weight excluding hydrogens is 194 g/mol. The molecule has 0 aromatic heterocycles. The molecule has 0 radical (unpaired) electrons. The Morgan fingerprint density at radius 2 is 1.75 bits per heavy atom. The predicted molar refractivity (Wildman–Crippen MR) is 67.5 cm³/mol. The first kappa shape index (κ1) is 10.3. The van der Waals surface area contributed by atoms with Gasteiger partial charge in [0.25, 0.3) is 0 Å². The minimum absolute atomic E-state index is 0.401. The van der Waals surface area contributed by atoms with Crippen molar-refractivity contribution >= 4 is 0 Å². The lowest BCUT2D eigenvalue weighted by Gasteiger charge is -2.73. The van der Waals surface area contributed by atoms with Crippen LogP contribution in [0.5, 0.6) is 0 Å². The van der Waals surface area contributed by atoms with E-state index >= 15 is 0 Å². The van der Waals surface area contributed by atoms with Crippen molar-refractivity contribution in [2.45, 2.75) is 38.3 Å². The van der Waals surface area contributed by atoms with Gasteiger partial charge in [0, 0.05) is 17.5 Å². The molecule has 1 saturated carbocycles. The van der Waals surface area contributed by atoms with Gasteiger partial charge in [0.1, 0.15) is 0 Å². The molecule has 2 aliphatic rings. The Morgan fingerprint density at radius 3 is 2.38 bits per heavy atom. The van der Waals surface area contributed by atoms with Crippen molar-refractivity contribution < 1.29 is 0 Å². The SMILES string of the molecule is C[C@H]1C2[C@H]([C@H](C)C2(C)c2ccccc2)N1C. The van der Waals surface area contributed by atoms with E-state index in [1.54, 1.807) is 0 Å². The number of piperidine rings is 1. The number of hydrogen-bond acceptors (Lipinski definition) is 1. The van der Waals surface area contributed by atoms with Crippen LogP contribution in [0.25, 0.3) is 0 Å². The number of nitrogens with zero attached hydrogens (tertiary/aromatic N) is 1. The van der Waals surface area contributed by atoms with Gasteiger partial charge >= 0.3 is 0 Å². The molecule has 3 rings (SSSR count). The first-order chi connectivity index (χ1) is 7.58. The Bertz CT molecular complexity index is 399. The van der Waals surface area contributed by atoms with Crippen LogP contribution in [0.15, 0.2) is 30.3 Å². The monoisotopic (exact) mass is 215 g/mol. The van der Waals surface area contributed by atoms with Crippen molar-refractivity contribution in [3.05, 3.63) is 35.9 Å². The number of fused-ring (bicyclic) bond motifs is 1. The van der Waals surface area contributed by atoms with Crippen molar-refractivity contribution in [2.24, 2.45) is 11.8 Å². The van der Waals surface area contributed by atoms with Gasteiger partial charge in [0.2, 0.25) is 0 Å². The number of rotatable bonds is 1. The zero-order chi connectivity index (χ0) is 11.5. The summed E-state index contributed by atoms with van der Waals surface area (Å²) < 4.78 is 0. The van der Waals surface area contributed by atoms with Gasteiger partial charge in [0.05, 0.1) is 0 Å². The van der Waals surface area contributed by atoms with Crippen LogP contribution >= 0.6 is 0 Å². The molecule has 2 fully saturated rings. The molecule has 1 aliphatic carbocycles. The van der Waals surface area contributed by atoms with E-state index in [1.165, 1.54) is 5.56 Å². The van der Waals surface area contributed by atoms with Crippen molar-refractivity contribution in [1.29, 1.82) is 0 Å². The lowest BCUT2D eigenvalue weighted by atomic mass is 9.42. The third-order valence-electron chi connectivity index (χ3n) is 5.55. The zero-order valence-corrected chi connectivity index (χ0v) is 10.6. The summed E-state index contributed by atoms with van der Waals surface area (Å²) in [6.07, 6.45) is 0. The smallest absolute Gasteiger partial charge is 0.0181 e. The van der Waals surface area contributed by atoms with Crippen LogP contribution < -0.4 is 0 Å². The fraction of sp³-hybridized carbons (Fsp3) is 0.600. The van der Waals surface area contributed by atoms with Gasteiger partial charge in [-0.2, -0.15) is 0 Å². The maximum Gasteiger partial charge on any atom is 0.0181 e. The van der Waals surface area contributed by atoms with Crippen LogP contribution in [-0.4, -0.2) is 24.0 Å². The largest absolute Gasteiger partial charge is 0.300 e. The van der Waals surface area contributed by atoms with Gasteiger partial charge in [0.15, 0.2) is 0 Å². The summed E-state index contributed by atoms with van der Waals surface area (Å²) in [6, 6.07) is 12.6. The maximum absolute atomic E-state index is 2.54. The molecule has 1 aromatic carbocycles. The van der Waals surface area contributed by atoms with Crippen LogP contribution in [0.2, 0.25) is 0 Å². The topological polar surface area (TPSA) is 3.24 Å². The van der Waals surface area contributed by atoms with Crippen molar-refractivity contribution in [3.8, 4) is 0 Å². The Kier molecular flexibility index (Phi) is 2.00. The lowest BCUT2D eigenvalue weighted by Crippen LogP contribution is -2.80. The molecule has 1 aromatic rings. The normalized spacial score (nSPS) is 46.8. The quantitative estimate of drug-likeness (QED) is 0.696. The Morgan fingerprint density at radius 1 is 1.12 bits per heavy atom. The molecule has 1 nitrogen and oxygen atoms in total. The zero-order valence-electron chi connectivity index (χ0n) is 10.6. The molecule has 0 amide bonds.